The molecule has 206 valence electrons. The van der Waals surface area contributed by atoms with E-state index in [1.165, 1.54) is 58.4 Å². The molecule has 0 saturated carbocycles. The highest BCUT2D eigenvalue weighted by Gasteiger charge is 2.33. The van der Waals surface area contributed by atoms with Crippen LogP contribution in [0.25, 0.3) is 27.9 Å². The number of aromatic nitrogens is 8. The van der Waals surface area contributed by atoms with Crippen molar-refractivity contribution >= 4 is 11.6 Å². The lowest BCUT2D eigenvalue weighted by Crippen LogP contribution is -2.36. The van der Waals surface area contributed by atoms with Gasteiger partial charge < -0.3 is 9.94 Å². The largest absolute Gasteiger partial charge is 0.618 e. The van der Waals surface area contributed by atoms with Crippen molar-refractivity contribution in [3.8, 4) is 27.9 Å². The van der Waals surface area contributed by atoms with Gasteiger partial charge in [-0.2, -0.15) is 27.7 Å². The molecule has 5 rings (SSSR count). The molecule has 0 unspecified atom stereocenters. The molecule has 0 bridgehead atoms. The zero-order chi connectivity index (χ0) is 30.9. The molecular weight excluding hydrogens is 556 g/mol. The maximum absolute atomic E-state index is 15.3. The molecule has 0 N–H and O–H groups in total. The lowest BCUT2D eigenvalue weighted by molar-refractivity contribution is -0.615. The zero-order valence-electron chi connectivity index (χ0n) is 23.1. The van der Waals surface area contributed by atoms with E-state index < -0.39 is 30.8 Å². The van der Waals surface area contributed by atoms with Gasteiger partial charge in [0, 0.05) is 44.1 Å². The van der Waals surface area contributed by atoms with Crippen LogP contribution in [0, 0.1) is 11.0 Å². The van der Waals surface area contributed by atoms with Crippen LogP contribution in [0.1, 0.15) is 28.0 Å². The van der Waals surface area contributed by atoms with Crippen molar-refractivity contribution in [3.05, 3.63) is 94.9 Å². The van der Waals surface area contributed by atoms with Crippen LogP contribution in [0.2, 0.25) is 5.02 Å². The molecule has 1 atom stereocenters. The van der Waals surface area contributed by atoms with Gasteiger partial charge in [0.05, 0.1) is 32.1 Å². The summed E-state index contributed by atoms with van der Waals surface area (Å²) in [5.41, 5.74) is -0.308. The van der Waals surface area contributed by atoms with Crippen LogP contribution in [0.15, 0.2) is 67.5 Å². The minimum absolute atomic E-state index is 0.0576. The molecule has 0 aliphatic rings. The van der Waals surface area contributed by atoms with E-state index in [9.17, 15) is 18.4 Å². The zero-order valence-corrected chi connectivity index (χ0v) is 20.9. The van der Waals surface area contributed by atoms with Crippen molar-refractivity contribution in [2.24, 2.45) is 0 Å². The van der Waals surface area contributed by atoms with Gasteiger partial charge in [0.15, 0.2) is 12.0 Å². The molecule has 0 radical (unpaired) electrons. The Morgan fingerprint density at radius 3 is 2.75 bits per heavy atom. The van der Waals surface area contributed by atoms with Gasteiger partial charge in [0.25, 0.3) is 0 Å². The second-order valence-electron chi connectivity index (χ2n) is 8.47. The normalized spacial score (nSPS) is 14.0. The van der Waals surface area contributed by atoms with E-state index in [4.69, 9.17) is 20.5 Å². The van der Waals surface area contributed by atoms with Crippen molar-refractivity contribution in [2.75, 3.05) is 13.6 Å². The van der Waals surface area contributed by atoms with Gasteiger partial charge >= 0.3 is 6.18 Å². The third-order valence-corrected chi connectivity index (χ3v) is 6.33. The molecule has 0 aliphatic carbocycles. The van der Waals surface area contributed by atoms with E-state index in [-0.39, 0.29) is 51.7 Å². The van der Waals surface area contributed by atoms with Crippen molar-refractivity contribution in [3.63, 3.8) is 0 Å². The summed E-state index contributed by atoms with van der Waals surface area (Å²) in [5.74, 6) is -0.822. The predicted molar refractivity (Wildman–Crippen MR) is 134 cm³/mol. The molecule has 40 heavy (non-hydrogen) atoms. The van der Waals surface area contributed by atoms with Crippen LogP contribution in [0.3, 0.4) is 0 Å². The third-order valence-electron chi connectivity index (χ3n) is 6.04. The van der Waals surface area contributed by atoms with Crippen molar-refractivity contribution < 1.29 is 31.1 Å². The number of halogens is 5. The molecule has 10 nitrogen and oxygen atoms in total. The molecular formula is C25H19ClF4N8O2. The van der Waals surface area contributed by atoms with Gasteiger partial charge in [-0.05, 0) is 46.3 Å². The smallest absolute Gasteiger partial charge is 0.433 e. The van der Waals surface area contributed by atoms with Crippen molar-refractivity contribution in [1.29, 1.82) is 0 Å². The molecule has 4 aromatic heterocycles. The second kappa shape index (κ2) is 11.0. The lowest BCUT2D eigenvalue weighted by atomic mass is 10.0. The molecule has 0 saturated heterocycles. The second-order valence-corrected chi connectivity index (χ2v) is 8.87. The molecule has 0 aliphatic heterocycles. The summed E-state index contributed by atoms with van der Waals surface area (Å²) in [4.78, 5) is 3.35. The van der Waals surface area contributed by atoms with E-state index in [0.717, 1.165) is 18.5 Å². The molecule has 15 heteroatoms. The number of alkyl halides is 3. The summed E-state index contributed by atoms with van der Waals surface area (Å²) in [6, 6.07) is 6.92. The van der Waals surface area contributed by atoms with Gasteiger partial charge in [0.1, 0.15) is 18.1 Å². The minimum Gasteiger partial charge on any atom is -0.618 e. The topological polar surface area (TPSA) is 110 Å². The Kier molecular flexibility index (Phi) is 6.44. The van der Waals surface area contributed by atoms with E-state index in [2.05, 4.69) is 25.6 Å². The average molecular weight is 578 g/mol. The first kappa shape index (κ1) is 23.5. The average Bonchev–Trinajstić information content (AvgIpc) is 3.65. The highest BCUT2D eigenvalue weighted by atomic mass is 35.5. The summed E-state index contributed by atoms with van der Waals surface area (Å²) in [6.07, 6.45) is 1.34. The fourth-order valence-electron chi connectivity index (χ4n) is 4.18. The fraction of sp³-hybridized carbons (Fsp3) is 0.200. The summed E-state index contributed by atoms with van der Waals surface area (Å²) in [7, 11) is -2.71. The molecule has 5 aromatic rings. The third kappa shape index (κ3) is 5.35. The summed E-state index contributed by atoms with van der Waals surface area (Å²) in [6.45, 7) is -0.321. The van der Waals surface area contributed by atoms with Gasteiger partial charge in [-0.25, -0.2) is 4.39 Å². The standard InChI is InChI=1S/C25H19ClF4N8O2/c1-40-9-7-19(36-12-17(11-33-36)15-6-8-31-22(10-15)25(28,29)30)20-4-2-16(13-38(20)39)23-21(37-14-32-34-35-37)5-3-18(26)24(23)27/h2-6,8,10-14,19H,7,9H2,1H3/t19-/m0/s1/i1D3. The minimum atomic E-state index is -4.66. The quantitative estimate of drug-likeness (QED) is 0.150. The number of ether oxygens (including phenoxy) is 1. The van der Waals surface area contributed by atoms with Crippen molar-refractivity contribution in [1.82, 2.24) is 35.0 Å². The number of rotatable bonds is 8. The summed E-state index contributed by atoms with van der Waals surface area (Å²) >= 11 is 6.02. The first-order valence-corrected chi connectivity index (χ1v) is 11.9. The Labute approximate surface area is 233 Å². The van der Waals surface area contributed by atoms with Crippen LogP contribution >= 0.6 is 11.6 Å². The van der Waals surface area contributed by atoms with Gasteiger partial charge in [0.2, 0.25) is 5.69 Å². The molecule has 1 aromatic carbocycles. The number of tetrazole rings is 1. The van der Waals surface area contributed by atoms with Gasteiger partial charge in [-0.3, -0.25) is 9.67 Å². The predicted octanol–water partition coefficient (Wildman–Crippen LogP) is 4.66. The van der Waals surface area contributed by atoms with Crippen molar-refractivity contribution in [2.45, 2.75) is 18.6 Å². The first-order chi connectivity index (χ1) is 20.3. The van der Waals surface area contributed by atoms with Gasteiger partial charge in [-0.1, -0.05) is 11.6 Å². The van der Waals surface area contributed by atoms with Crippen LogP contribution in [-0.4, -0.2) is 48.6 Å². The van der Waals surface area contributed by atoms with E-state index in [1.807, 2.05) is 0 Å². The Morgan fingerprint density at radius 2 is 2.02 bits per heavy atom. The van der Waals surface area contributed by atoms with E-state index >= 15 is 4.39 Å². The number of nitrogens with zero attached hydrogens (tertiary/aromatic N) is 8. The number of pyridine rings is 2. The SMILES string of the molecule is [2H]C([2H])([2H])OCC[C@@H](c1ccc(-c2c(-n3cnnn3)ccc(Cl)c2F)c[n+]1[O-])n1cc(-c2ccnc(C(F)(F)F)c2)cn1. The van der Waals surface area contributed by atoms with Crippen LogP contribution in [0.4, 0.5) is 17.6 Å². The van der Waals surface area contributed by atoms with Crippen LogP contribution in [0.5, 0.6) is 0 Å². The Morgan fingerprint density at radius 1 is 1.18 bits per heavy atom. The highest BCUT2D eigenvalue weighted by molar-refractivity contribution is 6.31. The Bertz CT molecular complexity index is 1750. The number of hydrogen-bond donors (Lipinski definition) is 0. The molecule has 0 fully saturated rings. The van der Waals surface area contributed by atoms with Crippen LogP contribution in [-0.2, 0) is 10.9 Å². The lowest BCUT2D eigenvalue weighted by Gasteiger charge is -2.18. The Balaban J connectivity index is 1.54. The van der Waals surface area contributed by atoms with Gasteiger partial charge in [-0.15, -0.1) is 5.10 Å². The molecule has 4 heterocycles. The maximum Gasteiger partial charge on any atom is 0.433 e. The summed E-state index contributed by atoms with van der Waals surface area (Å²) < 4.78 is 84.7. The number of hydrogen-bond acceptors (Lipinski definition) is 7. The summed E-state index contributed by atoms with van der Waals surface area (Å²) in [5, 5.41) is 28.3. The van der Waals surface area contributed by atoms with E-state index in [1.54, 1.807) is 0 Å². The Hall–Kier alpha value is -4.43. The fourth-order valence-corrected chi connectivity index (χ4v) is 4.34. The highest BCUT2D eigenvalue weighted by Crippen LogP contribution is 2.34. The first-order valence-electron chi connectivity index (χ1n) is 13.0. The van der Waals surface area contributed by atoms with E-state index in [0.29, 0.717) is 4.73 Å². The monoisotopic (exact) mass is 577 g/mol. The van der Waals surface area contributed by atoms with Crippen LogP contribution < -0.4 is 4.73 Å². The maximum atomic E-state index is 15.3. The molecule has 0 spiro atoms. The number of methoxy groups -OCH3 is 1. The molecule has 0 amide bonds. The number of benzene rings is 1.